The highest BCUT2D eigenvalue weighted by atomic mass is 19.2. The number of benzene rings is 1. The average Bonchev–Trinajstić information content (AvgIpc) is 2.53. The molecular weight excluding hydrogens is 290 g/mol. The van der Waals surface area contributed by atoms with Crippen molar-refractivity contribution in [3.05, 3.63) is 65.5 Å². The van der Waals surface area contributed by atoms with E-state index in [2.05, 4.69) is 4.74 Å². The molecule has 0 fully saturated rings. The van der Waals surface area contributed by atoms with Gasteiger partial charge in [0.25, 0.3) is 0 Å². The maximum atomic E-state index is 13.8. The highest BCUT2D eigenvalue weighted by molar-refractivity contribution is 6.06. The Bertz CT molecular complexity index is 662. The molecule has 0 bridgehead atoms. The van der Waals surface area contributed by atoms with Crippen LogP contribution in [-0.2, 0) is 4.74 Å². The molecule has 1 atom stereocenters. The SMILES string of the molecule is COc1ccccc1C(=O)C=CC1=C(F)CC(F)(OC)C=C1. The van der Waals surface area contributed by atoms with Gasteiger partial charge in [-0.25, -0.2) is 8.78 Å². The van der Waals surface area contributed by atoms with Gasteiger partial charge in [0.05, 0.1) is 19.1 Å². The van der Waals surface area contributed by atoms with Crippen LogP contribution < -0.4 is 4.74 Å². The molecule has 1 aromatic rings. The van der Waals surface area contributed by atoms with Crippen molar-refractivity contribution >= 4 is 5.78 Å². The standard InChI is InChI=1S/C17H16F2O3/c1-21-16-6-4-3-5-13(16)15(20)8-7-12-9-10-17(19,22-2)11-14(12)18/h3-10H,11H2,1-2H3. The highest BCUT2D eigenvalue weighted by Crippen LogP contribution is 2.32. The van der Waals surface area contributed by atoms with Gasteiger partial charge in [-0.15, -0.1) is 0 Å². The minimum absolute atomic E-state index is 0.147. The largest absolute Gasteiger partial charge is 0.496 e. The second kappa shape index (κ2) is 6.66. The summed E-state index contributed by atoms with van der Waals surface area (Å²) in [5, 5.41) is 0. The molecule has 22 heavy (non-hydrogen) atoms. The predicted octanol–water partition coefficient (Wildman–Crippen LogP) is 3.93. The Morgan fingerprint density at radius 1 is 1.32 bits per heavy atom. The lowest BCUT2D eigenvalue weighted by atomic mass is 10.0. The van der Waals surface area contributed by atoms with Gasteiger partial charge >= 0.3 is 0 Å². The smallest absolute Gasteiger partial charge is 0.234 e. The number of ether oxygens (including phenoxy) is 2. The summed E-state index contributed by atoms with van der Waals surface area (Å²) in [4.78, 5) is 12.1. The van der Waals surface area contributed by atoms with Crippen molar-refractivity contribution in [3.8, 4) is 5.75 Å². The number of ketones is 1. The van der Waals surface area contributed by atoms with Crippen LogP contribution in [-0.4, -0.2) is 25.9 Å². The number of hydrogen-bond donors (Lipinski definition) is 0. The van der Waals surface area contributed by atoms with E-state index in [1.54, 1.807) is 24.3 Å². The van der Waals surface area contributed by atoms with E-state index in [-0.39, 0.29) is 11.4 Å². The lowest BCUT2D eigenvalue weighted by molar-refractivity contribution is -0.0821. The molecule has 0 heterocycles. The normalized spacial score (nSPS) is 21.5. The predicted molar refractivity (Wildman–Crippen MR) is 79.2 cm³/mol. The van der Waals surface area contributed by atoms with Crippen molar-refractivity contribution in [2.45, 2.75) is 12.3 Å². The molecule has 2 rings (SSSR count). The van der Waals surface area contributed by atoms with Crippen LogP contribution in [0.15, 0.2) is 60.0 Å². The van der Waals surface area contributed by atoms with Crippen LogP contribution in [0.3, 0.4) is 0 Å². The number of halogens is 2. The maximum absolute atomic E-state index is 13.8. The van der Waals surface area contributed by atoms with Crippen molar-refractivity contribution in [1.29, 1.82) is 0 Å². The molecule has 0 saturated heterocycles. The lowest BCUT2D eigenvalue weighted by Gasteiger charge is -2.22. The number of alkyl halides is 1. The Labute approximate surface area is 127 Å². The Morgan fingerprint density at radius 3 is 2.68 bits per heavy atom. The summed E-state index contributed by atoms with van der Waals surface area (Å²) in [5.74, 6) is -2.69. The van der Waals surface area contributed by atoms with Crippen molar-refractivity contribution < 1.29 is 23.0 Å². The van der Waals surface area contributed by atoms with E-state index in [1.807, 2.05) is 0 Å². The van der Waals surface area contributed by atoms with Crippen molar-refractivity contribution in [3.63, 3.8) is 0 Å². The first kappa shape index (κ1) is 16.1. The van der Waals surface area contributed by atoms with Crippen molar-refractivity contribution in [2.24, 2.45) is 0 Å². The first-order chi connectivity index (χ1) is 10.5. The lowest BCUT2D eigenvalue weighted by Crippen LogP contribution is -2.24. The quantitative estimate of drug-likeness (QED) is 0.611. The van der Waals surface area contributed by atoms with Crippen molar-refractivity contribution in [1.82, 2.24) is 0 Å². The summed E-state index contributed by atoms with van der Waals surface area (Å²) in [7, 11) is 2.64. The summed E-state index contributed by atoms with van der Waals surface area (Å²) in [5.41, 5.74) is 0.521. The Kier molecular flexibility index (Phi) is 4.88. The molecule has 1 aliphatic carbocycles. The number of carbonyl (C=O) groups is 1. The highest BCUT2D eigenvalue weighted by Gasteiger charge is 2.31. The second-order valence-corrected chi connectivity index (χ2v) is 4.76. The fourth-order valence-corrected chi connectivity index (χ4v) is 2.07. The van der Waals surface area contributed by atoms with Crippen LogP contribution in [0.2, 0.25) is 0 Å². The zero-order chi connectivity index (χ0) is 16.2. The average molecular weight is 306 g/mol. The number of rotatable bonds is 5. The van der Waals surface area contributed by atoms with Crippen LogP contribution in [0.5, 0.6) is 5.75 Å². The monoisotopic (exact) mass is 306 g/mol. The van der Waals surface area contributed by atoms with Gasteiger partial charge in [0.2, 0.25) is 5.85 Å². The summed E-state index contributed by atoms with van der Waals surface area (Å²) >= 11 is 0. The van der Waals surface area contributed by atoms with Gasteiger partial charge in [-0.1, -0.05) is 18.2 Å². The third-order valence-electron chi connectivity index (χ3n) is 3.35. The number of para-hydroxylation sites is 1. The number of methoxy groups -OCH3 is 2. The zero-order valence-electron chi connectivity index (χ0n) is 12.3. The first-order valence-electron chi connectivity index (χ1n) is 6.66. The minimum Gasteiger partial charge on any atom is -0.496 e. The molecule has 0 radical (unpaired) electrons. The van der Waals surface area contributed by atoms with E-state index in [4.69, 9.17) is 4.74 Å². The molecule has 1 unspecified atom stereocenters. The van der Waals surface area contributed by atoms with Crippen LogP contribution in [0, 0.1) is 0 Å². The summed E-state index contributed by atoms with van der Waals surface area (Å²) in [6.07, 6.45) is 4.42. The minimum atomic E-state index is -2.13. The molecule has 0 N–H and O–H groups in total. The molecule has 3 nitrogen and oxygen atoms in total. The van der Waals surface area contributed by atoms with Gasteiger partial charge in [-0.3, -0.25) is 4.79 Å². The van der Waals surface area contributed by atoms with E-state index >= 15 is 0 Å². The molecule has 0 aromatic heterocycles. The summed E-state index contributed by atoms with van der Waals surface area (Å²) < 4.78 is 37.3. The van der Waals surface area contributed by atoms with Gasteiger partial charge < -0.3 is 9.47 Å². The van der Waals surface area contributed by atoms with Crippen LogP contribution in [0.1, 0.15) is 16.8 Å². The maximum Gasteiger partial charge on any atom is 0.234 e. The van der Waals surface area contributed by atoms with Crippen LogP contribution >= 0.6 is 0 Å². The van der Waals surface area contributed by atoms with E-state index in [1.165, 1.54) is 32.4 Å². The molecule has 0 amide bonds. The van der Waals surface area contributed by atoms with E-state index in [9.17, 15) is 13.6 Å². The molecule has 0 aliphatic heterocycles. The Hall–Kier alpha value is -2.27. The fraction of sp³-hybridized carbons (Fsp3) is 0.235. The molecule has 1 aliphatic rings. The summed E-state index contributed by atoms with van der Waals surface area (Å²) in [6, 6.07) is 6.74. The van der Waals surface area contributed by atoms with E-state index in [0.717, 1.165) is 6.08 Å². The van der Waals surface area contributed by atoms with Gasteiger partial charge in [0.1, 0.15) is 11.6 Å². The molecule has 1 aromatic carbocycles. The summed E-state index contributed by atoms with van der Waals surface area (Å²) in [6.45, 7) is 0. The topological polar surface area (TPSA) is 35.5 Å². The molecule has 0 saturated carbocycles. The molecular formula is C17H16F2O3. The second-order valence-electron chi connectivity index (χ2n) is 4.76. The molecule has 0 spiro atoms. The van der Waals surface area contributed by atoms with Gasteiger partial charge in [0, 0.05) is 12.7 Å². The van der Waals surface area contributed by atoms with E-state index < -0.39 is 18.1 Å². The Morgan fingerprint density at radius 2 is 2.05 bits per heavy atom. The zero-order valence-corrected chi connectivity index (χ0v) is 12.3. The number of carbonyl (C=O) groups excluding carboxylic acids is 1. The van der Waals surface area contributed by atoms with Gasteiger partial charge in [0.15, 0.2) is 5.78 Å². The Balaban J connectivity index is 2.17. The third-order valence-corrected chi connectivity index (χ3v) is 3.35. The molecule has 116 valence electrons. The first-order valence-corrected chi connectivity index (χ1v) is 6.66. The van der Waals surface area contributed by atoms with Crippen LogP contribution in [0.25, 0.3) is 0 Å². The van der Waals surface area contributed by atoms with Crippen LogP contribution in [0.4, 0.5) is 8.78 Å². The third kappa shape index (κ3) is 3.49. The fourth-order valence-electron chi connectivity index (χ4n) is 2.07. The number of allylic oxidation sites excluding steroid dienone is 4. The van der Waals surface area contributed by atoms with Gasteiger partial charge in [-0.05, 0) is 30.4 Å². The van der Waals surface area contributed by atoms with Crippen molar-refractivity contribution in [2.75, 3.05) is 14.2 Å². The molecule has 5 heteroatoms. The van der Waals surface area contributed by atoms with E-state index in [0.29, 0.717) is 11.3 Å². The van der Waals surface area contributed by atoms with Gasteiger partial charge in [-0.2, -0.15) is 0 Å². The number of hydrogen-bond acceptors (Lipinski definition) is 3.